The van der Waals surface area contributed by atoms with Crippen molar-refractivity contribution < 1.29 is 14.1 Å². The number of amides is 2. The fraction of sp³-hybridized carbons (Fsp3) is 0.231. The van der Waals surface area contributed by atoms with Crippen LogP contribution in [-0.2, 0) is 6.54 Å². The lowest BCUT2D eigenvalue weighted by Gasteiger charge is -2.13. The number of hydrogen-bond donors (Lipinski definition) is 2. The first-order valence-electron chi connectivity index (χ1n) is 6.06. The summed E-state index contributed by atoms with van der Waals surface area (Å²) in [7, 11) is 0. The number of anilines is 1. The first-order valence-corrected chi connectivity index (χ1v) is 6.44. The van der Waals surface area contributed by atoms with Gasteiger partial charge in [0, 0.05) is 6.07 Å². The van der Waals surface area contributed by atoms with Crippen LogP contribution < -0.4 is 15.4 Å². The molecule has 6 nitrogen and oxygen atoms in total. The molecular formula is C13H14ClN3O3. The third kappa shape index (κ3) is 3.64. The third-order valence-electron chi connectivity index (χ3n) is 2.43. The van der Waals surface area contributed by atoms with Gasteiger partial charge >= 0.3 is 6.03 Å². The first kappa shape index (κ1) is 14.2. The highest BCUT2D eigenvalue weighted by molar-refractivity contribution is 6.32. The van der Waals surface area contributed by atoms with Crippen LogP contribution in [0.15, 0.2) is 35.1 Å². The fourth-order valence-corrected chi connectivity index (χ4v) is 1.79. The minimum atomic E-state index is -0.379. The molecule has 106 valence electrons. The molecule has 1 aromatic carbocycles. The monoisotopic (exact) mass is 295 g/mol. The number of halogens is 1. The van der Waals surface area contributed by atoms with Crippen molar-refractivity contribution in [3.8, 4) is 5.75 Å². The van der Waals surface area contributed by atoms with Gasteiger partial charge in [0.05, 0.1) is 23.9 Å². The highest BCUT2D eigenvalue weighted by Gasteiger charge is 2.11. The highest BCUT2D eigenvalue weighted by atomic mass is 35.5. The van der Waals surface area contributed by atoms with E-state index in [1.54, 1.807) is 24.3 Å². The van der Waals surface area contributed by atoms with Gasteiger partial charge < -0.3 is 19.9 Å². The summed E-state index contributed by atoms with van der Waals surface area (Å²) in [4.78, 5) is 11.8. The zero-order chi connectivity index (χ0) is 14.4. The summed E-state index contributed by atoms with van der Waals surface area (Å²) in [6.07, 6.45) is 1.44. The van der Waals surface area contributed by atoms with Gasteiger partial charge in [0.25, 0.3) is 0 Å². The van der Waals surface area contributed by atoms with Crippen LogP contribution in [0, 0.1) is 0 Å². The maximum absolute atomic E-state index is 11.8. The van der Waals surface area contributed by atoms with E-state index >= 15 is 0 Å². The Morgan fingerprint density at radius 1 is 1.45 bits per heavy atom. The van der Waals surface area contributed by atoms with Crippen molar-refractivity contribution in [3.63, 3.8) is 0 Å². The van der Waals surface area contributed by atoms with Crippen LogP contribution in [0.3, 0.4) is 0 Å². The van der Waals surface area contributed by atoms with Crippen molar-refractivity contribution in [2.45, 2.75) is 13.5 Å². The smallest absolute Gasteiger partial charge is 0.319 e. The van der Waals surface area contributed by atoms with E-state index in [0.29, 0.717) is 28.8 Å². The van der Waals surface area contributed by atoms with Crippen LogP contribution in [0.5, 0.6) is 5.75 Å². The molecule has 0 aliphatic carbocycles. The van der Waals surface area contributed by atoms with E-state index in [1.165, 1.54) is 6.26 Å². The Bertz CT molecular complexity index is 572. The molecule has 0 radical (unpaired) electrons. The van der Waals surface area contributed by atoms with Crippen LogP contribution >= 0.6 is 11.6 Å². The van der Waals surface area contributed by atoms with E-state index in [9.17, 15) is 4.79 Å². The summed E-state index contributed by atoms with van der Waals surface area (Å²) in [5.41, 5.74) is 1.15. The molecule has 0 fully saturated rings. The molecule has 0 bridgehead atoms. The maximum Gasteiger partial charge on any atom is 0.319 e. The Morgan fingerprint density at radius 2 is 2.30 bits per heavy atom. The number of nitrogens with zero attached hydrogens (tertiary/aromatic N) is 1. The normalized spacial score (nSPS) is 10.1. The Labute approximate surface area is 121 Å². The lowest BCUT2D eigenvalue weighted by Crippen LogP contribution is -2.28. The zero-order valence-corrected chi connectivity index (χ0v) is 11.6. The number of carbonyl (C=O) groups is 1. The minimum absolute atomic E-state index is 0.271. The van der Waals surface area contributed by atoms with Gasteiger partial charge in [-0.1, -0.05) is 22.8 Å². The number of ether oxygens (including phenoxy) is 1. The number of hydrogen-bond acceptors (Lipinski definition) is 4. The molecule has 0 unspecified atom stereocenters. The molecule has 7 heteroatoms. The van der Waals surface area contributed by atoms with E-state index in [2.05, 4.69) is 20.3 Å². The number of urea groups is 1. The van der Waals surface area contributed by atoms with Gasteiger partial charge in [-0.2, -0.15) is 0 Å². The number of para-hydroxylation sites is 1. The molecule has 2 rings (SSSR count). The van der Waals surface area contributed by atoms with Gasteiger partial charge in [-0.3, -0.25) is 0 Å². The van der Waals surface area contributed by atoms with E-state index in [0.717, 1.165) is 0 Å². The molecule has 2 amide bonds. The lowest BCUT2D eigenvalue weighted by atomic mass is 10.3. The molecule has 1 aromatic heterocycles. The predicted octanol–water partition coefficient (Wildman–Crippen LogP) is 3.05. The number of rotatable bonds is 5. The van der Waals surface area contributed by atoms with Crippen molar-refractivity contribution >= 4 is 23.3 Å². The SMILES string of the molecule is CCOc1c(Cl)cccc1NC(=O)NCc1ccon1. The average molecular weight is 296 g/mol. The molecular weight excluding hydrogens is 282 g/mol. The summed E-state index contributed by atoms with van der Waals surface area (Å²) in [5, 5.41) is 9.47. The van der Waals surface area contributed by atoms with Crippen LogP contribution in [0.25, 0.3) is 0 Å². The van der Waals surface area contributed by atoms with Gasteiger partial charge in [-0.05, 0) is 19.1 Å². The Kier molecular flexibility index (Phi) is 4.84. The number of aromatic nitrogens is 1. The first-order chi connectivity index (χ1) is 9.70. The van der Waals surface area contributed by atoms with Gasteiger partial charge in [-0.25, -0.2) is 4.79 Å². The highest BCUT2D eigenvalue weighted by Crippen LogP contribution is 2.32. The Morgan fingerprint density at radius 3 is 3.00 bits per heavy atom. The summed E-state index contributed by atoms with van der Waals surface area (Å²) < 4.78 is 10.1. The van der Waals surface area contributed by atoms with Gasteiger partial charge in [0.2, 0.25) is 0 Å². The second-order valence-corrected chi connectivity index (χ2v) is 4.26. The second kappa shape index (κ2) is 6.81. The van der Waals surface area contributed by atoms with Crippen molar-refractivity contribution in [2.24, 2.45) is 0 Å². The molecule has 20 heavy (non-hydrogen) atoms. The molecule has 2 N–H and O–H groups in total. The summed E-state index contributed by atoms with van der Waals surface area (Å²) in [6, 6.07) is 6.44. The molecule has 0 aliphatic heterocycles. The number of nitrogens with one attached hydrogen (secondary N) is 2. The van der Waals surface area contributed by atoms with Crippen LogP contribution in [0.4, 0.5) is 10.5 Å². The quantitative estimate of drug-likeness (QED) is 0.889. The minimum Gasteiger partial charge on any atom is -0.490 e. The van der Waals surface area contributed by atoms with E-state index in [1.807, 2.05) is 6.92 Å². The van der Waals surface area contributed by atoms with Crippen molar-refractivity contribution in [1.29, 1.82) is 0 Å². The van der Waals surface area contributed by atoms with Crippen molar-refractivity contribution in [1.82, 2.24) is 10.5 Å². The molecule has 0 aliphatic rings. The van der Waals surface area contributed by atoms with Crippen molar-refractivity contribution in [2.75, 3.05) is 11.9 Å². The summed E-state index contributed by atoms with van der Waals surface area (Å²) in [5.74, 6) is 0.452. The van der Waals surface area contributed by atoms with Gasteiger partial charge in [0.1, 0.15) is 12.0 Å². The third-order valence-corrected chi connectivity index (χ3v) is 2.72. The molecule has 0 spiro atoms. The molecule has 0 saturated heterocycles. The molecule has 0 saturated carbocycles. The van der Waals surface area contributed by atoms with Crippen LogP contribution in [0.2, 0.25) is 5.02 Å². The van der Waals surface area contributed by atoms with Crippen LogP contribution in [-0.4, -0.2) is 17.8 Å². The standard InChI is InChI=1S/C13H14ClN3O3/c1-2-19-12-10(14)4-3-5-11(12)16-13(18)15-8-9-6-7-20-17-9/h3-7H,2,8H2,1H3,(H2,15,16,18). The predicted molar refractivity (Wildman–Crippen MR) is 75.0 cm³/mol. The largest absolute Gasteiger partial charge is 0.490 e. The summed E-state index contributed by atoms with van der Waals surface area (Å²) in [6.45, 7) is 2.57. The van der Waals surface area contributed by atoms with E-state index in [-0.39, 0.29) is 12.6 Å². The van der Waals surface area contributed by atoms with E-state index in [4.69, 9.17) is 16.3 Å². The van der Waals surface area contributed by atoms with E-state index < -0.39 is 0 Å². The average Bonchev–Trinajstić information content (AvgIpc) is 2.94. The topological polar surface area (TPSA) is 76.4 Å². The fourth-order valence-electron chi connectivity index (χ4n) is 1.56. The summed E-state index contributed by atoms with van der Waals surface area (Å²) >= 11 is 6.03. The molecule has 1 heterocycles. The lowest BCUT2D eigenvalue weighted by molar-refractivity contribution is 0.251. The van der Waals surface area contributed by atoms with Gasteiger partial charge in [0.15, 0.2) is 5.75 Å². The maximum atomic E-state index is 11.8. The number of carbonyl (C=O) groups excluding carboxylic acids is 1. The Hall–Kier alpha value is -2.21. The zero-order valence-electron chi connectivity index (χ0n) is 10.9. The van der Waals surface area contributed by atoms with Gasteiger partial charge in [-0.15, -0.1) is 0 Å². The molecule has 2 aromatic rings. The van der Waals surface area contributed by atoms with Crippen molar-refractivity contribution in [3.05, 3.63) is 41.2 Å². The molecule has 0 atom stereocenters. The Balaban J connectivity index is 1.98. The second-order valence-electron chi connectivity index (χ2n) is 3.85. The number of benzene rings is 1. The van der Waals surface area contributed by atoms with Crippen LogP contribution in [0.1, 0.15) is 12.6 Å².